The number of rotatable bonds is 3. The van der Waals surface area contributed by atoms with Gasteiger partial charge in [-0.2, -0.15) is 0 Å². The van der Waals surface area contributed by atoms with Crippen LogP contribution in [-0.2, 0) is 0 Å². The van der Waals surface area contributed by atoms with E-state index in [1.54, 1.807) is 0 Å². The summed E-state index contributed by atoms with van der Waals surface area (Å²) >= 11 is 0. The smallest absolute Gasteiger partial charge is 0.235 e. The molecule has 4 aromatic heterocycles. The maximum Gasteiger partial charge on any atom is 0.235 e. The molecule has 0 spiro atoms. The van der Waals surface area contributed by atoms with E-state index in [-0.39, 0.29) is 0 Å². The Balaban J connectivity index is 1.28. The third-order valence-electron chi connectivity index (χ3n) is 9.81. The van der Waals surface area contributed by atoms with E-state index in [1.165, 1.54) is 5.56 Å². The summed E-state index contributed by atoms with van der Waals surface area (Å²) in [4.78, 5) is 10.6. The molecule has 5 heteroatoms. The molecule has 0 atom stereocenters. The Hall–Kier alpha value is -6.72. The van der Waals surface area contributed by atoms with Gasteiger partial charge in [-0.3, -0.25) is 4.57 Å². The molecule has 49 heavy (non-hydrogen) atoms. The molecule has 0 radical (unpaired) electrons. The topological polar surface area (TPSA) is 57.0 Å². The molecular weight excluding hydrogens is 603 g/mol. The van der Waals surface area contributed by atoms with Gasteiger partial charge < -0.3 is 8.83 Å². The van der Waals surface area contributed by atoms with Gasteiger partial charge >= 0.3 is 0 Å². The minimum atomic E-state index is 0.573. The highest BCUT2D eigenvalue weighted by atomic mass is 16.3. The maximum atomic E-state index is 6.82. The van der Waals surface area contributed by atoms with Crippen molar-refractivity contribution in [3.8, 4) is 28.3 Å². The molecule has 7 aromatic carbocycles. The lowest BCUT2D eigenvalue weighted by Gasteiger charge is -2.12. The average molecular weight is 628 g/mol. The minimum absolute atomic E-state index is 0.573. The summed E-state index contributed by atoms with van der Waals surface area (Å²) in [6.07, 6.45) is 0. The van der Waals surface area contributed by atoms with Crippen LogP contribution in [0.5, 0.6) is 0 Å². The molecule has 0 aliphatic heterocycles. The Labute approximate surface area is 279 Å². The van der Waals surface area contributed by atoms with Gasteiger partial charge in [-0.1, -0.05) is 127 Å². The van der Waals surface area contributed by atoms with Crippen molar-refractivity contribution in [3.63, 3.8) is 0 Å². The van der Waals surface area contributed by atoms with Crippen LogP contribution in [0.1, 0.15) is 0 Å². The van der Waals surface area contributed by atoms with E-state index < -0.39 is 0 Å². The summed E-state index contributed by atoms with van der Waals surface area (Å²) in [6.45, 7) is 0. The van der Waals surface area contributed by atoms with Crippen molar-refractivity contribution in [2.45, 2.75) is 0 Å². The first-order chi connectivity index (χ1) is 24.3. The normalized spacial score (nSPS) is 12.1. The Kier molecular flexibility index (Phi) is 5.32. The van der Waals surface area contributed by atoms with E-state index in [0.717, 1.165) is 93.4 Å². The molecule has 0 unspecified atom stereocenters. The number of nitrogens with zero attached hydrogens (tertiary/aromatic N) is 3. The highest BCUT2D eigenvalue weighted by Crippen LogP contribution is 2.48. The maximum absolute atomic E-state index is 6.82. The first-order valence-corrected chi connectivity index (χ1v) is 16.4. The second-order valence-electron chi connectivity index (χ2n) is 12.5. The molecule has 0 saturated heterocycles. The second-order valence-corrected chi connectivity index (χ2v) is 12.5. The summed E-state index contributed by atoms with van der Waals surface area (Å²) in [5.41, 5.74) is 10.3. The lowest BCUT2D eigenvalue weighted by atomic mass is 10.0. The molecule has 0 N–H and O–H groups in total. The van der Waals surface area contributed by atoms with E-state index in [9.17, 15) is 0 Å². The fraction of sp³-hybridized carbons (Fsp3) is 0. The largest absolute Gasteiger partial charge is 0.455 e. The van der Waals surface area contributed by atoms with Gasteiger partial charge in [-0.25, -0.2) is 9.97 Å². The van der Waals surface area contributed by atoms with Crippen LogP contribution in [-0.4, -0.2) is 14.5 Å². The SMILES string of the molecule is c1ccc(-c2ccc(-c3nc(-n4c5ccccc5c5c6oc7ccccc7c6c6c7ccccc7oc6c54)nc4ccccc34)cc2)cc1. The van der Waals surface area contributed by atoms with Crippen molar-refractivity contribution < 1.29 is 8.83 Å². The van der Waals surface area contributed by atoms with Gasteiger partial charge in [0.05, 0.1) is 22.1 Å². The summed E-state index contributed by atoms with van der Waals surface area (Å²) < 4.78 is 15.8. The monoisotopic (exact) mass is 627 g/mol. The molecule has 0 saturated carbocycles. The average Bonchev–Trinajstić information content (AvgIpc) is 3.85. The Bertz CT molecular complexity index is 3090. The van der Waals surface area contributed by atoms with E-state index in [4.69, 9.17) is 18.8 Å². The van der Waals surface area contributed by atoms with Gasteiger partial charge in [0.2, 0.25) is 5.95 Å². The number of para-hydroxylation sites is 4. The number of hydrogen-bond donors (Lipinski definition) is 0. The third-order valence-corrected chi connectivity index (χ3v) is 9.81. The molecule has 0 aliphatic rings. The molecular formula is C44H25N3O2. The van der Waals surface area contributed by atoms with E-state index in [2.05, 4.69) is 114 Å². The van der Waals surface area contributed by atoms with Gasteiger partial charge in [-0.15, -0.1) is 0 Å². The van der Waals surface area contributed by atoms with Crippen molar-refractivity contribution in [2.75, 3.05) is 0 Å². The summed E-state index contributed by atoms with van der Waals surface area (Å²) in [6, 6.07) is 52.2. The molecule has 11 aromatic rings. The lowest BCUT2D eigenvalue weighted by molar-refractivity contribution is 0.667. The van der Waals surface area contributed by atoms with Crippen molar-refractivity contribution >= 4 is 76.6 Å². The summed E-state index contributed by atoms with van der Waals surface area (Å²) in [5.74, 6) is 0.573. The number of aromatic nitrogens is 3. The number of fused-ring (bicyclic) bond motifs is 13. The van der Waals surface area contributed by atoms with Gasteiger partial charge in [0.15, 0.2) is 5.58 Å². The van der Waals surface area contributed by atoms with E-state index in [1.807, 2.05) is 42.5 Å². The zero-order valence-electron chi connectivity index (χ0n) is 26.1. The molecule has 4 heterocycles. The minimum Gasteiger partial charge on any atom is -0.455 e. The first-order valence-electron chi connectivity index (χ1n) is 16.4. The van der Waals surface area contributed by atoms with Crippen molar-refractivity contribution in [3.05, 3.63) is 152 Å². The van der Waals surface area contributed by atoms with Crippen LogP contribution in [0.3, 0.4) is 0 Å². The van der Waals surface area contributed by atoms with Gasteiger partial charge in [0.25, 0.3) is 0 Å². The number of hydrogen-bond acceptors (Lipinski definition) is 4. The predicted molar refractivity (Wildman–Crippen MR) is 199 cm³/mol. The highest BCUT2D eigenvalue weighted by Gasteiger charge is 2.27. The Morgan fingerprint density at radius 2 is 0.959 bits per heavy atom. The zero-order valence-corrected chi connectivity index (χ0v) is 26.1. The van der Waals surface area contributed by atoms with Crippen molar-refractivity contribution in [1.82, 2.24) is 14.5 Å². The van der Waals surface area contributed by atoms with Crippen LogP contribution in [0, 0.1) is 0 Å². The third kappa shape index (κ3) is 3.70. The first kappa shape index (κ1) is 26.4. The van der Waals surface area contributed by atoms with Gasteiger partial charge in [0, 0.05) is 37.9 Å². The van der Waals surface area contributed by atoms with Crippen LogP contribution < -0.4 is 0 Å². The molecule has 0 bridgehead atoms. The molecule has 11 rings (SSSR count). The molecule has 228 valence electrons. The second kappa shape index (κ2) is 9.89. The van der Waals surface area contributed by atoms with E-state index >= 15 is 0 Å². The zero-order chi connectivity index (χ0) is 32.1. The van der Waals surface area contributed by atoms with Crippen LogP contribution in [0.25, 0.3) is 105 Å². The van der Waals surface area contributed by atoms with E-state index in [0.29, 0.717) is 5.95 Å². The van der Waals surface area contributed by atoms with Crippen LogP contribution in [0.2, 0.25) is 0 Å². The Morgan fingerprint density at radius 1 is 0.408 bits per heavy atom. The van der Waals surface area contributed by atoms with Crippen molar-refractivity contribution in [2.24, 2.45) is 0 Å². The standard InChI is InChI=1S/C44H25N3O2/c1-2-12-26(13-3-1)27-22-24-28(25-23-27)40-29-14-4-8-18-33(29)45-44(46-40)47-34-19-9-5-15-30(34)39-41(47)43-38(32-17-7-11-21-36(32)49-43)37-31-16-6-10-20-35(31)48-42(37)39/h1-25H. The highest BCUT2D eigenvalue weighted by molar-refractivity contribution is 6.38. The predicted octanol–water partition coefficient (Wildman–Crippen LogP) is 11.9. The summed E-state index contributed by atoms with van der Waals surface area (Å²) in [7, 11) is 0. The summed E-state index contributed by atoms with van der Waals surface area (Å²) in [5, 5.41) is 7.23. The van der Waals surface area contributed by atoms with Crippen LogP contribution >= 0.6 is 0 Å². The molecule has 0 fully saturated rings. The fourth-order valence-corrected chi connectivity index (χ4v) is 7.66. The van der Waals surface area contributed by atoms with Crippen molar-refractivity contribution in [1.29, 1.82) is 0 Å². The van der Waals surface area contributed by atoms with Crippen LogP contribution in [0.15, 0.2) is 160 Å². The lowest BCUT2D eigenvalue weighted by Crippen LogP contribution is -2.03. The van der Waals surface area contributed by atoms with Gasteiger partial charge in [-0.05, 0) is 35.4 Å². The molecule has 0 aliphatic carbocycles. The number of furan rings is 2. The Morgan fingerprint density at radius 3 is 1.71 bits per heavy atom. The quantitative estimate of drug-likeness (QED) is 0.196. The van der Waals surface area contributed by atoms with Gasteiger partial charge in [0.1, 0.15) is 22.3 Å². The van der Waals surface area contributed by atoms with Crippen LogP contribution in [0.4, 0.5) is 0 Å². The molecule has 5 nitrogen and oxygen atoms in total. The fourth-order valence-electron chi connectivity index (χ4n) is 7.66. The molecule has 0 amide bonds. The number of benzene rings is 7.